The lowest BCUT2D eigenvalue weighted by molar-refractivity contribution is -0.114. The van der Waals surface area contributed by atoms with E-state index >= 15 is 0 Å². The molecule has 2 aromatic carbocycles. The SMILES string of the molecule is CC(=O)Nc1nc2nc(Nc3ccccc3)ncc2cc1-c1ccccc1. The molecule has 4 rings (SSSR count). The molecule has 0 spiro atoms. The lowest BCUT2D eigenvalue weighted by atomic mass is 10.1. The predicted molar refractivity (Wildman–Crippen MR) is 107 cm³/mol. The molecule has 2 aromatic heterocycles. The quantitative estimate of drug-likeness (QED) is 0.567. The lowest BCUT2D eigenvalue weighted by Gasteiger charge is -2.11. The average molecular weight is 355 g/mol. The Balaban J connectivity index is 1.79. The molecule has 4 aromatic rings. The summed E-state index contributed by atoms with van der Waals surface area (Å²) >= 11 is 0. The first kappa shape index (κ1) is 16.7. The number of benzene rings is 2. The number of rotatable bonds is 4. The van der Waals surface area contributed by atoms with Crippen LogP contribution in [0.4, 0.5) is 17.5 Å². The van der Waals surface area contributed by atoms with Gasteiger partial charge in [-0.15, -0.1) is 0 Å². The van der Waals surface area contributed by atoms with Crippen LogP contribution in [0.5, 0.6) is 0 Å². The summed E-state index contributed by atoms with van der Waals surface area (Å²) in [5, 5.41) is 6.75. The first-order valence-corrected chi connectivity index (χ1v) is 8.52. The fraction of sp³-hybridized carbons (Fsp3) is 0.0476. The minimum Gasteiger partial charge on any atom is -0.324 e. The van der Waals surface area contributed by atoms with Gasteiger partial charge >= 0.3 is 0 Å². The first-order chi connectivity index (χ1) is 13.2. The molecule has 0 saturated heterocycles. The summed E-state index contributed by atoms with van der Waals surface area (Å²) in [5.74, 6) is 0.740. The zero-order valence-corrected chi connectivity index (χ0v) is 14.7. The summed E-state index contributed by atoms with van der Waals surface area (Å²) in [4.78, 5) is 25.1. The summed E-state index contributed by atoms with van der Waals surface area (Å²) in [5.41, 5.74) is 3.18. The Bertz CT molecular complexity index is 1100. The molecule has 0 aliphatic carbocycles. The Hall–Kier alpha value is -3.80. The van der Waals surface area contributed by atoms with Crippen molar-refractivity contribution in [2.24, 2.45) is 0 Å². The van der Waals surface area contributed by atoms with Gasteiger partial charge in [0.25, 0.3) is 0 Å². The second-order valence-electron chi connectivity index (χ2n) is 6.03. The number of hydrogen-bond donors (Lipinski definition) is 2. The lowest BCUT2D eigenvalue weighted by Crippen LogP contribution is -2.09. The third kappa shape index (κ3) is 3.74. The first-order valence-electron chi connectivity index (χ1n) is 8.52. The van der Waals surface area contributed by atoms with Crippen LogP contribution in [-0.2, 0) is 4.79 Å². The highest BCUT2D eigenvalue weighted by atomic mass is 16.1. The third-order valence-corrected chi connectivity index (χ3v) is 3.98. The van der Waals surface area contributed by atoms with Crippen molar-refractivity contribution >= 4 is 34.4 Å². The smallest absolute Gasteiger partial charge is 0.229 e. The topological polar surface area (TPSA) is 79.8 Å². The van der Waals surface area contributed by atoms with Crippen molar-refractivity contribution in [2.75, 3.05) is 10.6 Å². The van der Waals surface area contributed by atoms with Gasteiger partial charge in [0.15, 0.2) is 5.65 Å². The maximum Gasteiger partial charge on any atom is 0.229 e. The fourth-order valence-electron chi connectivity index (χ4n) is 2.77. The molecule has 2 heterocycles. The highest BCUT2D eigenvalue weighted by Crippen LogP contribution is 2.29. The number of amides is 1. The van der Waals surface area contributed by atoms with Gasteiger partial charge in [-0.1, -0.05) is 48.5 Å². The summed E-state index contributed by atoms with van der Waals surface area (Å²) in [6.07, 6.45) is 1.73. The molecular weight excluding hydrogens is 338 g/mol. The van der Waals surface area contributed by atoms with Gasteiger partial charge in [0.1, 0.15) is 5.82 Å². The van der Waals surface area contributed by atoms with Gasteiger partial charge in [-0.05, 0) is 23.8 Å². The van der Waals surface area contributed by atoms with Crippen molar-refractivity contribution in [2.45, 2.75) is 6.92 Å². The molecule has 0 aliphatic rings. The number of pyridine rings is 1. The number of para-hydroxylation sites is 1. The Morgan fingerprint density at radius 3 is 2.33 bits per heavy atom. The van der Waals surface area contributed by atoms with Gasteiger partial charge in [-0.25, -0.2) is 9.97 Å². The molecular formula is C21H17N5O. The molecule has 27 heavy (non-hydrogen) atoms. The summed E-state index contributed by atoms with van der Waals surface area (Å²) in [7, 11) is 0. The largest absolute Gasteiger partial charge is 0.324 e. The molecule has 0 unspecified atom stereocenters. The number of aromatic nitrogens is 3. The van der Waals surface area contributed by atoms with Crippen molar-refractivity contribution in [1.29, 1.82) is 0 Å². The maximum atomic E-state index is 11.6. The number of nitrogens with zero attached hydrogens (tertiary/aromatic N) is 3. The van der Waals surface area contributed by atoms with Gasteiger partial charge in [-0.3, -0.25) is 4.79 Å². The summed E-state index contributed by atoms with van der Waals surface area (Å²) in [6.45, 7) is 1.46. The highest BCUT2D eigenvalue weighted by Gasteiger charge is 2.12. The maximum absolute atomic E-state index is 11.6. The average Bonchev–Trinajstić information content (AvgIpc) is 2.68. The van der Waals surface area contributed by atoms with Crippen LogP contribution in [0.3, 0.4) is 0 Å². The molecule has 0 saturated carbocycles. The number of anilines is 3. The summed E-state index contributed by atoms with van der Waals surface area (Å²) in [6, 6.07) is 21.4. The van der Waals surface area contributed by atoms with Gasteiger partial charge in [-0.2, -0.15) is 4.98 Å². The van der Waals surface area contributed by atoms with Crippen LogP contribution in [0.25, 0.3) is 22.2 Å². The number of nitrogens with one attached hydrogen (secondary N) is 2. The molecule has 1 amide bonds. The van der Waals surface area contributed by atoms with Crippen LogP contribution in [0.2, 0.25) is 0 Å². The van der Waals surface area contributed by atoms with Crippen molar-refractivity contribution in [1.82, 2.24) is 15.0 Å². The Morgan fingerprint density at radius 2 is 1.63 bits per heavy atom. The van der Waals surface area contributed by atoms with Crippen molar-refractivity contribution < 1.29 is 4.79 Å². The molecule has 0 aliphatic heterocycles. The monoisotopic (exact) mass is 355 g/mol. The third-order valence-electron chi connectivity index (χ3n) is 3.98. The molecule has 6 nitrogen and oxygen atoms in total. The van der Waals surface area contributed by atoms with E-state index in [0.717, 1.165) is 22.2 Å². The zero-order valence-electron chi connectivity index (χ0n) is 14.7. The highest BCUT2D eigenvalue weighted by molar-refractivity contribution is 5.96. The van der Waals surface area contributed by atoms with Gasteiger partial charge < -0.3 is 10.6 Å². The zero-order chi connectivity index (χ0) is 18.6. The number of carbonyl (C=O) groups is 1. The summed E-state index contributed by atoms with van der Waals surface area (Å²) < 4.78 is 0. The number of hydrogen-bond acceptors (Lipinski definition) is 5. The predicted octanol–water partition coefficient (Wildman–Crippen LogP) is 4.39. The van der Waals surface area contributed by atoms with Crippen molar-refractivity contribution in [3.05, 3.63) is 72.9 Å². The van der Waals surface area contributed by atoms with Crippen LogP contribution in [0.1, 0.15) is 6.92 Å². The van der Waals surface area contributed by atoms with Crippen LogP contribution in [-0.4, -0.2) is 20.9 Å². The van der Waals surface area contributed by atoms with E-state index in [9.17, 15) is 4.79 Å². The van der Waals surface area contributed by atoms with Gasteiger partial charge in [0, 0.05) is 29.8 Å². The number of fused-ring (bicyclic) bond motifs is 1. The molecule has 0 bridgehead atoms. The van der Waals surface area contributed by atoms with Crippen molar-refractivity contribution in [3.8, 4) is 11.1 Å². The van der Waals surface area contributed by atoms with E-state index in [1.54, 1.807) is 6.20 Å². The van der Waals surface area contributed by atoms with Gasteiger partial charge in [0.05, 0.1) is 0 Å². The van der Waals surface area contributed by atoms with Crippen LogP contribution < -0.4 is 10.6 Å². The Morgan fingerprint density at radius 1 is 0.926 bits per heavy atom. The molecule has 0 fully saturated rings. The molecule has 132 valence electrons. The van der Waals surface area contributed by atoms with E-state index in [2.05, 4.69) is 25.6 Å². The fourth-order valence-corrected chi connectivity index (χ4v) is 2.77. The second kappa shape index (κ2) is 7.21. The molecule has 6 heteroatoms. The molecule has 0 atom stereocenters. The minimum absolute atomic E-state index is 0.185. The minimum atomic E-state index is -0.185. The van der Waals surface area contributed by atoms with Crippen LogP contribution in [0, 0.1) is 0 Å². The Kier molecular flexibility index (Phi) is 4.45. The van der Waals surface area contributed by atoms with Crippen LogP contribution >= 0.6 is 0 Å². The standard InChI is InChI=1S/C21H17N5O/c1-14(27)23-20-18(15-8-4-2-5-9-15)12-16-13-22-21(26-19(16)25-20)24-17-10-6-3-7-11-17/h2-13H,1H3,(H2,22,23,24,25,26,27). The normalized spacial score (nSPS) is 10.6. The molecule has 0 radical (unpaired) electrons. The molecule has 2 N–H and O–H groups in total. The van der Waals surface area contributed by atoms with E-state index in [-0.39, 0.29) is 5.91 Å². The van der Waals surface area contributed by atoms with E-state index in [0.29, 0.717) is 17.4 Å². The number of carbonyl (C=O) groups excluding carboxylic acids is 1. The van der Waals surface area contributed by atoms with E-state index in [4.69, 9.17) is 0 Å². The van der Waals surface area contributed by atoms with Crippen molar-refractivity contribution in [3.63, 3.8) is 0 Å². The second-order valence-corrected chi connectivity index (χ2v) is 6.03. The van der Waals surface area contributed by atoms with Crippen LogP contribution in [0.15, 0.2) is 72.9 Å². The van der Waals surface area contributed by atoms with E-state index in [1.165, 1.54) is 6.92 Å². The van der Waals surface area contributed by atoms with E-state index < -0.39 is 0 Å². The van der Waals surface area contributed by atoms with E-state index in [1.807, 2.05) is 66.7 Å². The Labute approximate surface area is 156 Å². The van der Waals surface area contributed by atoms with Gasteiger partial charge in [0.2, 0.25) is 11.9 Å².